The van der Waals surface area contributed by atoms with Gasteiger partial charge in [-0.15, -0.1) is 0 Å². The molecule has 0 saturated heterocycles. The molecular weight excluding hydrogens is 560 g/mol. The molecule has 0 bridgehead atoms. The number of esters is 1. The van der Waals surface area contributed by atoms with Crippen molar-refractivity contribution in [3.05, 3.63) is 60.8 Å². The third-order valence-electron chi connectivity index (χ3n) is 6.24. The Morgan fingerprint density at radius 1 is 1.22 bits per heavy atom. The number of carbonyl (C=O) groups excluding carboxylic acids is 1. The van der Waals surface area contributed by atoms with Gasteiger partial charge in [0, 0.05) is 38.7 Å². The molecule has 1 aromatic heterocycles. The van der Waals surface area contributed by atoms with Gasteiger partial charge in [-0.05, 0) is 97.2 Å². The van der Waals surface area contributed by atoms with Gasteiger partial charge < -0.3 is 14.0 Å². The summed E-state index contributed by atoms with van der Waals surface area (Å²) in [5.74, 6) is 0.375. The Hall–Kier alpha value is -1.44. The van der Waals surface area contributed by atoms with E-state index >= 15 is 0 Å². The molecule has 1 fully saturated rings. The molecule has 0 radical (unpaired) electrons. The van der Waals surface area contributed by atoms with Crippen molar-refractivity contribution in [1.82, 2.24) is 4.57 Å². The molecule has 0 N–H and O–H groups in total. The minimum absolute atomic E-state index is 0.0571. The summed E-state index contributed by atoms with van der Waals surface area (Å²) in [5.41, 5.74) is 4.43. The second-order valence-corrected chi connectivity index (χ2v) is 10.4. The highest BCUT2D eigenvalue weighted by Crippen LogP contribution is 2.39. The fourth-order valence-electron chi connectivity index (χ4n) is 4.50. The molecule has 4 nitrogen and oxygen atoms in total. The zero-order valence-electron chi connectivity index (χ0n) is 18.4. The smallest absolute Gasteiger partial charge is 0.309 e. The molecule has 1 heterocycles. The number of benzene rings is 2. The molecule has 2 aromatic carbocycles. The Bertz CT molecular complexity index is 1170. The van der Waals surface area contributed by atoms with Gasteiger partial charge in [-0.1, -0.05) is 23.2 Å². The first kappa shape index (κ1) is 23.7. The highest BCUT2D eigenvalue weighted by molar-refractivity contribution is 14.1. The molecule has 1 aliphatic carbocycles. The number of rotatable bonds is 6. The van der Waals surface area contributed by atoms with Crippen LogP contribution in [0.25, 0.3) is 10.9 Å². The van der Waals surface area contributed by atoms with E-state index in [2.05, 4.69) is 59.3 Å². The maximum atomic E-state index is 12.0. The topological polar surface area (TPSA) is 40.5 Å². The molecule has 1 aliphatic rings. The quantitative estimate of drug-likeness (QED) is 0.229. The Morgan fingerprint density at radius 3 is 2.75 bits per heavy atom. The fourth-order valence-corrected chi connectivity index (χ4v) is 5.81. The van der Waals surface area contributed by atoms with E-state index < -0.39 is 0 Å². The number of aromatic nitrogens is 1. The van der Waals surface area contributed by atoms with Gasteiger partial charge in [0.05, 0.1) is 23.7 Å². The molecule has 0 amide bonds. The van der Waals surface area contributed by atoms with Crippen molar-refractivity contribution in [3.63, 3.8) is 0 Å². The second-order valence-electron chi connectivity index (χ2n) is 8.37. The van der Waals surface area contributed by atoms with Crippen molar-refractivity contribution < 1.29 is 14.3 Å². The van der Waals surface area contributed by atoms with Crippen molar-refractivity contribution in [3.8, 4) is 5.75 Å². The van der Waals surface area contributed by atoms with E-state index in [-0.39, 0.29) is 18.0 Å². The van der Waals surface area contributed by atoms with Crippen LogP contribution in [0.15, 0.2) is 30.3 Å². The average Bonchev–Trinajstić information content (AvgIpc) is 3.33. The van der Waals surface area contributed by atoms with Gasteiger partial charge in [0.25, 0.3) is 0 Å². The minimum Gasteiger partial charge on any atom is -0.489 e. The zero-order valence-corrected chi connectivity index (χ0v) is 22.1. The van der Waals surface area contributed by atoms with Crippen LogP contribution in [0.2, 0.25) is 10.0 Å². The van der Waals surface area contributed by atoms with Crippen molar-refractivity contribution >= 4 is 62.7 Å². The molecule has 7 heteroatoms. The molecule has 0 aliphatic heterocycles. The lowest BCUT2D eigenvalue weighted by Crippen LogP contribution is -2.18. The highest BCUT2D eigenvalue weighted by Gasteiger charge is 2.32. The van der Waals surface area contributed by atoms with E-state index in [4.69, 9.17) is 32.7 Å². The first-order valence-electron chi connectivity index (χ1n) is 10.8. The fraction of sp³-hybridized carbons (Fsp3) is 0.400. The number of fused-ring (bicyclic) bond motifs is 1. The molecule has 0 unspecified atom stereocenters. The molecular formula is C25H26Cl2INO3. The molecule has 32 heavy (non-hydrogen) atoms. The number of hydrogen-bond acceptors (Lipinski definition) is 3. The van der Waals surface area contributed by atoms with E-state index in [0.29, 0.717) is 35.2 Å². The van der Waals surface area contributed by atoms with Crippen LogP contribution in [0.1, 0.15) is 43.0 Å². The zero-order chi connectivity index (χ0) is 23.0. The third-order valence-corrected chi connectivity index (χ3v) is 7.63. The van der Waals surface area contributed by atoms with Crippen LogP contribution in [-0.2, 0) is 23.0 Å². The number of carbonyl (C=O) groups is 1. The summed E-state index contributed by atoms with van der Waals surface area (Å²) in [6, 6.07) is 10.2. The Labute approximate surface area is 212 Å². The summed E-state index contributed by atoms with van der Waals surface area (Å²) in [6.45, 7) is 4.36. The van der Waals surface area contributed by atoms with E-state index in [1.807, 2.05) is 19.1 Å². The number of hydrogen-bond donors (Lipinski definition) is 0. The van der Waals surface area contributed by atoms with E-state index in [0.717, 1.165) is 24.1 Å². The van der Waals surface area contributed by atoms with Crippen molar-refractivity contribution in [2.75, 3.05) is 6.61 Å². The molecule has 170 valence electrons. The first-order valence-corrected chi connectivity index (χ1v) is 12.7. The monoisotopic (exact) mass is 585 g/mol. The standard InChI is InChI=1S/C25H26Cl2INO3/c1-4-31-25(30)15-5-6-18(10-15)32-23-8-7-21(26)20(24(23)27)13-17-12-19-14(2)9-16(28)11-22(19)29(17)3/h7-9,11-12,15,18H,4-6,10,13H2,1-3H3/t15-,18+/m1/s1. The van der Waals surface area contributed by atoms with Gasteiger partial charge in [-0.25, -0.2) is 0 Å². The number of halogens is 3. The minimum atomic E-state index is -0.137. The van der Waals surface area contributed by atoms with Gasteiger partial charge in [-0.3, -0.25) is 4.79 Å². The van der Waals surface area contributed by atoms with Gasteiger partial charge >= 0.3 is 5.97 Å². The molecule has 0 spiro atoms. The van der Waals surface area contributed by atoms with Gasteiger partial charge in [0.1, 0.15) is 5.75 Å². The van der Waals surface area contributed by atoms with Crippen LogP contribution in [0.4, 0.5) is 0 Å². The van der Waals surface area contributed by atoms with Crippen molar-refractivity contribution in [1.29, 1.82) is 0 Å². The molecule has 1 saturated carbocycles. The van der Waals surface area contributed by atoms with E-state index in [1.54, 1.807) is 0 Å². The predicted octanol–water partition coefficient (Wildman–Crippen LogP) is 7.10. The molecule has 3 aromatic rings. The first-order chi connectivity index (χ1) is 15.3. The number of nitrogens with zero attached hydrogens (tertiary/aromatic N) is 1. The number of aryl methyl sites for hydroxylation is 2. The van der Waals surface area contributed by atoms with Gasteiger partial charge in [-0.2, -0.15) is 0 Å². The van der Waals surface area contributed by atoms with E-state index in [1.165, 1.54) is 20.0 Å². The van der Waals surface area contributed by atoms with Crippen LogP contribution in [0.5, 0.6) is 5.75 Å². The lowest BCUT2D eigenvalue weighted by molar-refractivity contribution is -0.147. The van der Waals surface area contributed by atoms with Gasteiger partial charge in [0.15, 0.2) is 0 Å². The average molecular weight is 586 g/mol. The number of ether oxygens (including phenoxy) is 2. The lowest BCUT2D eigenvalue weighted by atomic mass is 10.1. The Balaban J connectivity index is 1.57. The summed E-state index contributed by atoms with van der Waals surface area (Å²) in [6.07, 6.45) is 2.77. The van der Waals surface area contributed by atoms with Crippen LogP contribution in [-0.4, -0.2) is 23.2 Å². The highest BCUT2D eigenvalue weighted by atomic mass is 127. The van der Waals surface area contributed by atoms with Crippen molar-refractivity contribution in [2.24, 2.45) is 13.0 Å². The Morgan fingerprint density at radius 2 is 2.00 bits per heavy atom. The van der Waals surface area contributed by atoms with Crippen LogP contribution in [0, 0.1) is 16.4 Å². The third kappa shape index (κ3) is 4.75. The second kappa shape index (κ2) is 9.82. The SMILES string of the molecule is CCOC(=O)[C@@H]1CC[C@H](Oc2ccc(Cl)c(Cc3cc4c(C)cc(I)cc4n3C)c2Cl)C1. The summed E-state index contributed by atoms with van der Waals surface area (Å²) in [5, 5.41) is 2.39. The lowest BCUT2D eigenvalue weighted by Gasteiger charge is -2.18. The van der Waals surface area contributed by atoms with E-state index in [9.17, 15) is 4.79 Å². The van der Waals surface area contributed by atoms with Crippen LogP contribution < -0.4 is 4.74 Å². The molecule has 4 rings (SSSR count). The summed E-state index contributed by atoms with van der Waals surface area (Å²) >= 11 is 15.7. The summed E-state index contributed by atoms with van der Waals surface area (Å²) in [7, 11) is 2.07. The normalized spacial score (nSPS) is 18.3. The summed E-state index contributed by atoms with van der Waals surface area (Å²) in [4.78, 5) is 12.0. The van der Waals surface area contributed by atoms with Crippen molar-refractivity contribution in [2.45, 2.75) is 45.6 Å². The molecule has 2 atom stereocenters. The summed E-state index contributed by atoms with van der Waals surface area (Å²) < 4.78 is 14.8. The van der Waals surface area contributed by atoms with Gasteiger partial charge in [0.2, 0.25) is 0 Å². The largest absolute Gasteiger partial charge is 0.489 e. The Kier molecular flexibility index (Phi) is 7.27. The van der Waals surface area contributed by atoms with Crippen LogP contribution >= 0.6 is 45.8 Å². The van der Waals surface area contributed by atoms with Crippen LogP contribution in [0.3, 0.4) is 0 Å². The maximum Gasteiger partial charge on any atom is 0.309 e. The maximum absolute atomic E-state index is 12.0. The predicted molar refractivity (Wildman–Crippen MR) is 138 cm³/mol.